The zero-order chi connectivity index (χ0) is 22.0. The molecule has 0 fully saturated rings. The highest BCUT2D eigenvalue weighted by atomic mass is 32.1. The molecule has 158 valence electrons. The van der Waals surface area contributed by atoms with Gasteiger partial charge in [0.2, 0.25) is 0 Å². The Morgan fingerprint density at radius 2 is 1.97 bits per heavy atom. The molecule has 0 radical (unpaired) electrons. The molecule has 0 bridgehead atoms. The Morgan fingerprint density at radius 1 is 1.23 bits per heavy atom. The average Bonchev–Trinajstić information content (AvgIpc) is 3.08. The van der Waals surface area contributed by atoms with E-state index < -0.39 is 12.0 Å². The molecule has 1 atom stereocenters. The number of pyridine rings is 1. The summed E-state index contributed by atoms with van der Waals surface area (Å²) in [4.78, 5) is 35.5. The molecule has 3 aromatic rings. The van der Waals surface area contributed by atoms with Gasteiger partial charge in [-0.05, 0) is 43.7 Å². The number of hydrogen-bond donors (Lipinski definition) is 0. The molecule has 7 nitrogen and oxygen atoms in total. The summed E-state index contributed by atoms with van der Waals surface area (Å²) in [6.45, 7) is 3.73. The topological polar surface area (TPSA) is 82.8 Å². The Kier molecular flexibility index (Phi) is 5.81. The number of nitrogens with zero attached hydrogens (tertiary/aromatic N) is 3. The van der Waals surface area contributed by atoms with Crippen LogP contribution < -0.4 is 19.6 Å². The van der Waals surface area contributed by atoms with Crippen LogP contribution >= 0.6 is 11.3 Å². The zero-order valence-electron chi connectivity index (χ0n) is 17.4. The Morgan fingerprint density at radius 3 is 2.68 bits per heavy atom. The molecule has 0 spiro atoms. The van der Waals surface area contributed by atoms with Gasteiger partial charge in [-0.15, -0.1) is 0 Å². The Balaban J connectivity index is 2.00. The molecule has 1 aliphatic rings. The number of allylic oxidation sites excluding steroid dienone is 1. The van der Waals surface area contributed by atoms with Crippen molar-refractivity contribution in [1.29, 1.82) is 0 Å². The van der Waals surface area contributed by atoms with Crippen LogP contribution in [0.4, 0.5) is 0 Å². The third-order valence-corrected chi connectivity index (χ3v) is 5.94. The normalized spacial score (nSPS) is 16.0. The number of carbonyl (C=O) groups excluding carboxylic acids is 1. The quantitative estimate of drug-likeness (QED) is 0.574. The van der Waals surface area contributed by atoms with Crippen molar-refractivity contribution >= 4 is 23.4 Å². The molecule has 8 heteroatoms. The van der Waals surface area contributed by atoms with Crippen LogP contribution in [0.15, 0.2) is 69.8 Å². The number of benzene rings is 1. The first-order chi connectivity index (χ1) is 15.0. The van der Waals surface area contributed by atoms with E-state index in [1.54, 1.807) is 50.1 Å². The van der Waals surface area contributed by atoms with Crippen molar-refractivity contribution in [1.82, 2.24) is 9.55 Å². The average molecular weight is 436 g/mol. The molecule has 0 saturated heterocycles. The maximum Gasteiger partial charge on any atom is 0.338 e. The van der Waals surface area contributed by atoms with Crippen LogP contribution in [0.3, 0.4) is 0 Å². The predicted octanol–water partition coefficient (Wildman–Crippen LogP) is 2.20. The lowest BCUT2D eigenvalue weighted by Crippen LogP contribution is -2.40. The molecule has 3 heterocycles. The smallest absolute Gasteiger partial charge is 0.338 e. The minimum atomic E-state index is -0.703. The standard InChI is InChI=1S/C23H21N3O4S/c1-4-30-22(28)19-14(2)25-23-26(20(19)16-7-5-6-8-17(16)29-3)21(27)18(31-23)13-15-9-11-24-12-10-15/h5-13,20H,4H2,1-3H3/b18-13-. The molecular weight excluding hydrogens is 414 g/mol. The second-order valence-electron chi connectivity index (χ2n) is 6.82. The van der Waals surface area contributed by atoms with Gasteiger partial charge in [0.25, 0.3) is 5.56 Å². The fourth-order valence-electron chi connectivity index (χ4n) is 3.59. The minimum Gasteiger partial charge on any atom is -0.496 e. The zero-order valence-corrected chi connectivity index (χ0v) is 18.2. The summed E-state index contributed by atoms with van der Waals surface area (Å²) < 4.78 is 12.9. The third-order valence-electron chi connectivity index (χ3n) is 4.95. The molecule has 2 aromatic heterocycles. The number of thiazole rings is 1. The fourth-order valence-corrected chi connectivity index (χ4v) is 4.64. The maximum absolute atomic E-state index is 13.5. The molecule has 4 rings (SSSR count). The number of hydrogen-bond acceptors (Lipinski definition) is 7. The molecule has 0 N–H and O–H groups in total. The number of rotatable bonds is 5. The molecule has 0 aliphatic carbocycles. The van der Waals surface area contributed by atoms with Crippen molar-refractivity contribution in [3.63, 3.8) is 0 Å². The lowest BCUT2D eigenvalue weighted by atomic mass is 9.95. The highest BCUT2D eigenvalue weighted by molar-refractivity contribution is 7.07. The molecule has 1 unspecified atom stereocenters. The van der Waals surface area contributed by atoms with Gasteiger partial charge >= 0.3 is 5.97 Å². The lowest BCUT2D eigenvalue weighted by Gasteiger charge is -2.25. The molecule has 31 heavy (non-hydrogen) atoms. The van der Waals surface area contributed by atoms with Gasteiger partial charge in [-0.3, -0.25) is 14.3 Å². The summed E-state index contributed by atoms with van der Waals surface area (Å²) >= 11 is 1.28. The number of methoxy groups -OCH3 is 1. The van der Waals surface area contributed by atoms with Gasteiger partial charge in [-0.25, -0.2) is 9.79 Å². The number of para-hydroxylation sites is 1. The monoisotopic (exact) mass is 435 g/mol. The van der Waals surface area contributed by atoms with Crippen molar-refractivity contribution in [2.45, 2.75) is 19.9 Å². The van der Waals surface area contributed by atoms with Gasteiger partial charge in [-0.1, -0.05) is 29.5 Å². The van der Waals surface area contributed by atoms with Crippen LogP contribution in [0, 0.1) is 0 Å². The van der Waals surface area contributed by atoms with Crippen molar-refractivity contribution in [2.75, 3.05) is 13.7 Å². The van der Waals surface area contributed by atoms with E-state index in [4.69, 9.17) is 9.47 Å². The number of ether oxygens (including phenoxy) is 2. The van der Waals surface area contributed by atoms with E-state index in [0.29, 0.717) is 31.9 Å². The highest BCUT2D eigenvalue weighted by Gasteiger charge is 2.34. The van der Waals surface area contributed by atoms with E-state index in [-0.39, 0.29) is 12.2 Å². The maximum atomic E-state index is 13.5. The van der Waals surface area contributed by atoms with Crippen molar-refractivity contribution < 1.29 is 14.3 Å². The number of fused-ring (bicyclic) bond motifs is 1. The summed E-state index contributed by atoms with van der Waals surface area (Å²) in [5.41, 5.74) is 2.17. The largest absolute Gasteiger partial charge is 0.496 e. The first kappa shape index (κ1) is 20.7. The fraction of sp³-hybridized carbons (Fsp3) is 0.217. The summed E-state index contributed by atoms with van der Waals surface area (Å²) in [5.74, 6) is 0.0794. The Hall–Kier alpha value is -3.52. The van der Waals surface area contributed by atoms with E-state index in [9.17, 15) is 9.59 Å². The predicted molar refractivity (Wildman–Crippen MR) is 118 cm³/mol. The van der Waals surface area contributed by atoms with Crippen molar-refractivity contribution in [3.8, 4) is 5.75 Å². The Bertz CT molecular complexity index is 1340. The highest BCUT2D eigenvalue weighted by Crippen LogP contribution is 2.35. The van der Waals surface area contributed by atoms with Gasteiger partial charge in [-0.2, -0.15) is 0 Å². The van der Waals surface area contributed by atoms with Crippen LogP contribution in [-0.2, 0) is 9.53 Å². The van der Waals surface area contributed by atoms with Gasteiger partial charge < -0.3 is 9.47 Å². The summed E-state index contributed by atoms with van der Waals surface area (Å²) in [5, 5.41) is 0. The second-order valence-corrected chi connectivity index (χ2v) is 7.83. The van der Waals surface area contributed by atoms with E-state index in [1.807, 2.05) is 30.3 Å². The van der Waals surface area contributed by atoms with Crippen LogP contribution in [0.2, 0.25) is 0 Å². The molecule has 0 saturated carbocycles. The van der Waals surface area contributed by atoms with Gasteiger partial charge in [0.1, 0.15) is 11.8 Å². The SMILES string of the molecule is CCOC(=O)C1=C(C)N=c2s/c(=C\c3ccncc3)c(=O)n2C1c1ccccc1OC. The first-order valence-corrected chi connectivity index (χ1v) is 10.6. The first-order valence-electron chi connectivity index (χ1n) is 9.77. The van der Waals surface area contributed by atoms with Crippen LogP contribution in [-0.4, -0.2) is 29.2 Å². The van der Waals surface area contributed by atoms with Crippen molar-refractivity contribution in [3.05, 3.63) is 90.9 Å². The van der Waals surface area contributed by atoms with Gasteiger partial charge in [0.15, 0.2) is 4.80 Å². The van der Waals surface area contributed by atoms with Crippen LogP contribution in [0.5, 0.6) is 5.75 Å². The molecule has 0 amide bonds. The van der Waals surface area contributed by atoms with Crippen LogP contribution in [0.1, 0.15) is 31.0 Å². The number of carbonyl (C=O) groups is 1. The van der Waals surface area contributed by atoms with Gasteiger partial charge in [0, 0.05) is 18.0 Å². The van der Waals surface area contributed by atoms with E-state index in [0.717, 1.165) is 5.56 Å². The van der Waals surface area contributed by atoms with E-state index >= 15 is 0 Å². The molecule has 1 aliphatic heterocycles. The van der Waals surface area contributed by atoms with Gasteiger partial charge in [0.05, 0.1) is 29.5 Å². The third kappa shape index (κ3) is 3.82. The second kappa shape index (κ2) is 8.69. The summed E-state index contributed by atoms with van der Waals surface area (Å²) in [6.07, 6.45) is 5.14. The minimum absolute atomic E-state index is 0.223. The summed E-state index contributed by atoms with van der Waals surface area (Å²) in [6, 6.07) is 10.3. The molecule has 1 aromatic carbocycles. The number of aromatic nitrogens is 2. The molecular formula is C23H21N3O4S. The van der Waals surface area contributed by atoms with Crippen molar-refractivity contribution in [2.24, 2.45) is 4.99 Å². The lowest BCUT2D eigenvalue weighted by molar-refractivity contribution is -0.139. The van der Waals surface area contributed by atoms with E-state index in [1.165, 1.54) is 11.3 Å². The van der Waals surface area contributed by atoms with E-state index in [2.05, 4.69) is 9.98 Å². The van der Waals surface area contributed by atoms with Crippen LogP contribution in [0.25, 0.3) is 6.08 Å². The number of esters is 1. The summed E-state index contributed by atoms with van der Waals surface area (Å²) in [7, 11) is 1.56. The Labute approximate surface area is 182 Å².